The summed E-state index contributed by atoms with van der Waals surface area (Å²) >= 11 is 0. The molecule has 32 heavy (non-hydrogen) atoms. The van der Waals surface area contributed by atoms with Gasteiger partial charge in [0.15, 0.2) is 0 Å². The molecule has 1 aliphatic heterocycles. The molecule has 174 valence electrons. The van der Waals surface area contributed by atoms with Gasteiger partial charge < -0.3 is 10.2 Å². The summed E-state index contributed by atoms with van der Waals surface area (Å²) in [4.78, 5) is 14.7. The molecule has 3 rings (SSSR count). The maximum absolute atomic E-state index is 12.3. The zero-order valence-electron chi connectivity index (χ0n) is 19.4. The van der Waals surface area contributed by atoms with Crippen LogP contribution >= 0.6 is 0 Å². The van der Waals surface area contributed by atoms with Gasteiger partial charge in [0.25, 0.3) is 0 Å². The van der Waals surface area contributed by atoms with E-state index >= 15 is 0 Å². The minimum atomic E-state index is -3.41. The number of hydrogen-bond acceptors (Lipinski definition) is 4. The van der Waals surface area contributed by atoms with E-state index in [1.165, 1.54) is 29.1 Å². The molecule has 1 saturated heterocycles. The van der Waals surface area contributed by atoms with Crippen molar-refractivity contribution in [2.75, 3.05) is 35.1 Å². The molecule has 0 aromatic heterocycles. The van der Waals surface area contributed by atoms with Crippen molar-refractivity contribution >= 4 is 27.3 Å². The first-order valence-corrected chi connectivity index (χ1v) is 13.2. The number of carbonyl (C=O) groups is 1. The SMILES string of the molecule is Cc1ccccc1N(CCCC(=O)NCc1ccc(N2CCC[C@H](C)C2)cc1)S(C)(=O)=O. The Labute approximate surface area is 192 Å². The molecule has 1 amide bonds. The van der Waals surface area contributed by atoms with Crippen LogP contribution in [0.5, 0.6) is 0 Å². The lowest BCUT2D eigenvalue weighted by molar-refractivity contribution is -0.121. The number of rotatable bonds is 9. The molecule has 0 unspecified atom stereocenters. The van der Waals surface area contributed by atoms with E-state index in [1.54, 1.807) is 6.07 Å². The number of piperidine rings is 1. The number of benzene rings is 2. The van der Waals surface area contributed by atoms with E-state index in [4.69, 9.17) is 0 Å². The van der Waals surface area contributed by atoms with E-state index in [0.717, 1.165) is 30.1 Å². The molecule has 0 aliphatic carbocycles. The van der Waals surface area contributed by atoms with Gasteiger partial charge in [0.2, 0.25) is 15.9 Å². The van der Waals surface area contributed by atoms with Gasteiger partial charge in [-0.25, -0.2) is 8.42 Å². The molecule has 7 heteroatoms. The molecule has 0 saturated carbocycles. The van der Waals surface area contributed by atoms with Crippen LogP contribution in [0.2, 0.25) is 0 Å². The predicted molar refractivity (Wildman–Crippen MR) is 132 cm³/mol. The van der Waals surface area contributed by atoms with Crippen LogP contribution in [0.4, 0.5) is 11.4 Å². The molecule has 1 N–H and O–H groups in total. The lowest BCUT2D eigenvalue weighted by atomic mass is 9.99. The first kappa shape index (κ1) is 24.1. The molecule has 2 aromatic carbocycles. The van der Waals surface area contributed by atoms with Gasteiger partial charge in [0.05, 0.1) is 11.9 Å². The van der Waals surface area contributed by atoms with E-state index in [-0.39, 0.29) is 18.9 Å². The molecule has 0 spiro atoms. The van der Waals surface area contributed by atoms with Gasteiger partial charge in [-0.1, -0.05) is 37.3 Å². The first-order chi connectivity index (χ1) is 15.2. The van der Waals surface area contributed by atoms with E-state index in [0.29, 0.717) is 18.7 Å². The molecule has 1 aliphatic rings. The van der Waals surface area contributed by atoms with Gasteiger partial charge in [-0.2, -0.15) is 0 Å². The number of anilines is 2. The second kappa shape index (κ2) is 10.9. The van der Waals surface area contributed by atoms with Crippen molar-refractivity contribution in [1.82, 2.24) is 5.32 Å². The summed E-state index contributed by atoms with van der Waals surface area (Å²) in [5.74, 6) is 0.657. The molecule has 6 nitrogen and oxygen atoms in total. The van der Waals surface area contributed by atoms with Crippen LogP contribution in [0.1, 0.15) is 43.7 Å². The Morgan fingerprint density at radius 1 is 1.16 bits per heavy atom. The number of para-hydroxylation sites is 1. The highest BCUT2D eigenvalue weighted by molar-refractivity contribution is 7.92. The van der Waals surface area contributed by atoms with E-state index in [1.807, 2.05) is 25.1 Å². The van der Waals surface area contributed by atoms with Crippen LogP contribution in [0.3, 0.4) is 0 Å². The summed E-state index contributed by atoms with van der Waals surface area (Å²) in [6.45, 7) is 7.14. The summed E-state index contributed by atoms with van der Waals surface area (Å²) in [5.41, 5.74) is 3.86. The minimum absolute atomic E-state index is 0.0721. The fraction of sp³-hybridized carbons (Fsp3) is 0.480. The maximum atomic E-state index is 12.3. The Bertz CT molecular complexity index is 1010. The fourth-order valence-electron chi connectivity index (χ4n) is 4.23. The third kappa shape index (κ3) is 6.73. The third-order valence-corrected chi connectivity index (χ3v) is 7.18. The summed E-state index contributed by atoms with van der Waals surface area (Å²) in [6.07, 6.45) is 4.47. The second-order valence-corrected chi connectivity index (χ2v) is 10.8. The average Bonchev–Trinajstić information content (AvgIpc) is 2.75. The largest absolute Gasteiger partial charge is 0.371 e. The van der Waals surface area contributed by atoms with Crippen molar-refractivity contribution in [1.29, 1.82) is 0 Å². The first-order valence-electron chi connectivity index (χ1n) is 11.4. The number of nitrogens with one attached hydrogen (secondary N) is 1. The van der Waals surface area contributed by atoms with Crippen LogP contribution in [-0.2, 0) is 21.4 Å². The molecule has 2 aromatic rings. The van der Waals surface area contributed by atoms with Gasteiger partial charge in [-0.15, -0.1) is 0 Å². The Morgan fingerprint density at radius 2 is 1.88 bits per heavy atom. The average molecular weight is 458 g/mol. The molecule has 0 radical (unpaired) electrons. The Hall–Kier alpha value is -2.54. The fourth-order valence-corrected chi connectivity index (χ4v) is 5.25. The zero-order chi connectivity index (χ0) is 23.1. The van der Waals surface area contributed by atoms with Crippen molar-refractivity contribution < 1.29 is 13.2 Å². The quantitative estimate of drug-likeness (QED) is 0.616. The monoisotopic (exact) mass is 457 g/mol. The standard InChI is InChI=1S/C25H35N3O3S/c1-20-8-6-16-27(19-20)23-14-12-22(13-15-23)18-26-25(29)11-7-17-28(32(3,30)31)24-10-5-4-9-21(24)2/h4-5,9-10,12-15,20H,6-8,11,16-19H2,1-3H3,(H,26,29)/t20-/m0/s1. The Balaban J connectivity index is 1.47. The van der Waals surface area contributed by atoms with Gasteiger partial charge in [-0.05, 0) is 61.4 Å². The number of aryl methyl sites for hydroxylation is 1. The van der Waals surface area contributed by atoms with Crippen LogP contribution in [0.25, 0.3) is 0 Å². The van der Waals surface area contributed by atoms with Gasteiger partial charge >= 0.3 is 0 Å². The summed E-state index contributed by atoms with van der Waals surface area (Å²) in [6, 6.07) is 15.8. The maximum Gasteiger partial charge on any atom is 0.232 e. The van der Waals surface area contributed by atoms with Gasteiger partial charge in [0, 0.05) is 38.3 Å². The van der Waals surface area contributed by atoms with Gasteiger partial charge in [0.1, 0.15) is 0 Å². The van der Waals surface area contributed by atoms with Crippen molar-refractivity contribution in [2.45, 2.75) is 46.1 Å². The number of carbonyl (C=O) groups excluding carboxylic acids is 1. The Morgan fingerprint density at radius 3 is 2.53 bits per heavy atom. The van der Waals surface area contributed by atoms with E-state index in [9.17, 15) is 13.2 Å². The topological polar surface area (TPSA) is 69.7 Å². The van der Waals surface area contributed by atoms with E-state index < -0.39 is 10.0 Å². The Kier molecular flexibility index (Phi) is 8.18. The minimum Gasteiger partial charge on any atom is -0.371 e. The lowest BCUT2D eigenvalue weighted by Crippen LogP contribution is -2.34. The summed E-state index contributed by atoms with van der Waals surface area (Å²) in [5, 5.41) is 2.95. The van der Waals surface area contributed by atoms with Crippen LogP contribution < -0.4 is 14.5 Å². The number of nitrogens with zero attached hydrogens (tertiary/aromatic N) is 2. The molecule has 1 fully saturated rings. The zero-order valence-corrected chi connectivity index (χ0v) is 20.2. The van der Waals surface area contributed by atoms with Crippen molar-refractivity contribution in [3.63, 3.8) is 0 Å². The molecular formula is C25H35N3O3S. The number of amides is 1. The second-order valence-electron chi connectivity index (χ2n) is 8.86. The van der Waals surface area contributed by atoms with Crippen molar-refractivity contribution in [3.05, 3.63) is 59.7 Å². The highest BCUT2D eigenvalue weighted by atomic mass is 32.2. The smallest absolute Gasteiger partial charge is 0.232 e. The lowest BCUT2D eigenvalue weighted by Gasteiger charge is -2.32. The van der Waals surface area contributed by atoms with E-state index in [2.05, 4.69) is 41.4 Å². The van der Waals surface area contributed by atoms with Crippen LogP contribution in [0.15, 0.2) is 48.5 Å². The summed E-state index contributed by atoms with van der Waals surface area (Å²) < 4.78 is 25.9. The number of hydrogen-bond donors (Lipinski definition) is 1. The predicted octanol–water partition coefficient (Wildman–Crippen LogP) is 4.09. The van der Waals surface area contributed by atoms with Gasteiger partial charge in [-0.3, -0.25) is 9.10 Å². The van der Waals surface area contributed by atoms with Crippen LogP contribution in [0, 0.1) is 12.8 Å². The highest BCUT2D eigenvalue weighted by Gasteiger charge is 2.19. The summed E-state index contributed by atoms with van der Waals surface area (Å²) in [7, 11) is -3.41. The van der Waals surface area contributed by atoms with Crippen LogP contribution in [-0.4, -0.2) is 40.2 Å². The number of sulfonamides is 1. The molecule has 1 heterocycles. The third-order valence-electron chi connectivity index (χ3n) is 6.00. The molecular weight excluding hydrogens is 422 g/mol. The highest BCUT2D eigenvalue weighted by Crippen LogP contribution is 2.24. The molecule has 0 bridgehead atoms. The van der Waals surface area contributed by atoms with Crippen molar-refractivity contribution in [2.24, 2.45) is 5.92 Å². The molecule has 1 atom stereocenters. The normalized spacial score (nSPS) is 16.6. The van der Waals surface area contributed by atoms with Crippen molar-refractivity contribution in [3.8, 4) is 0 Å².